The van der Waals surface area contributed by atoms with Crippen molar-refractivity contribution >= 4 is 17.8 Å². The Morgan fingerprint density at radius 1 is 0.966 bits per heavy atom. The molecule has 2 amide bonds. The number of rotatable bonds is 10. The highest BCUT2D eigenvalue weighted by Crippen LogP contribution is 2.25. The van der Waals surface area contributed by atoms with Gasteiger partial charge in [0, 0.05) is 5.56 Å². The number of hydrogen-bond donors (Lipinski definition) is 2. The molecule has 8 nitrogen and oxygen atoms in total. The molecule has 0 bridgehead atoms. The van der Waals surface area contributed by atoms with Gasteiger partial charge in [-0.1, -0.05) is 12.1 Å². The maximum atomic E-state index is 12.8. The SMILES string of the molecule is COc1ccccc1OCCNC(=O)COC(=O)CNC(=O)c1ccc(F)cc1. The van der Waals surface area contributed by atoms with Crippen molar-refractivity contribution in [2.45, 2.75) is 0 Å². The first-order valence-electron chi connectivity index (χ1n) is 8.71. The summed E-state index contributed by atoms with van der Waals surface area (Å²) < 4.78 is 28.2. The number of para-hydroxylation sites is 2. The molecule has 154 valence electrons. The molecule has 29 heavy (non-hydrogen) atoms. The fourth-order valence-electron chi connectivity index (χ4n) is 2.19. The molecule has 2 aromatic rings. The summed E-state index contributed by atoms with van der Waals surface area (Å²) in [7, 11) is 1.53. The molecule has 0 unspecified atom stereocenters. The van der Waals surface area contributed by atoms with Gasteiger partial charge in [0.15, 0.2) is 18.1 Å². The van der Waals surface area contributed by atoms with Crippen molar-refractivity contribution in [1.82, 2.24) is 10.6 Å². The molecule has 9 heteroatoms. The second-order valence-electron chi connectivity index (χ2n) is 5.70. The summed E-state index contributed by atoms with van der Waals surface area (Å²) in [6.45, 7) is -0.496. The maximum Gasteiger partial charge on any atom is 0.325 e. The van der Waals surface area contributed by atoms with Crippen LogP contribution < -0.4 is 20.1 Å². The Hall–Kier alpha value is -3.62. The number of benzene rings is 2. The predicted octanol–water partition coefficient (Wildman–Crippen LogP) is 1.30. The second kappa shape index (κ2) is 11.3. The van der Waals surface area contributed by atoms with Gasteiger partial charge in [-0.15, -0.1) is 0 Å². The maximum absolute atomic E-state index is 12.8. The van der Waals surface area contributed by atoms with Crippen LogP contribution in [-0.4, -0.2) is 51.2 Å². The first-order valence-corrected chi connectivity index (χ1v) is 8.71. The Bertz CT molecular complexity index is 841. The van der Waals surface area contributed by atoms with Crippen LogP contribution in [0, 0.1) is 5.82 Å². The summed E-state index contributed by atoms with van der Waals surface area (Å²) in [4.78, 5) is 35.1. The molecule has 0 saturated heterocycles. The Kier molecular flexibility index (Phi) is 8.43. The minimum absolute atomic E-state index is 0.201. The van der Waals surface area contributed by atoms with E-state index in [1.807, 2.05) is 6.07 Å². The quantitative estimate of drug-likeness (QED) is 0.457. The van der Waals surface area contributed by atoms with Crippen molar-refractivity contribution < 1.29 is 33.0 Å². The number of carbonyl (C=O) groups is 3. The van der Waals surface area contributed by atoms with Crippen LogP contribution in [0.3, 0.4) is 0 Å². The van der Waals surface area contributed by atoms with Gasteiger partial charge in [0.2, 0.25) is 0 Å². The van der Waals surface area contributed by atoms with Crippen molar-refractivity contribution in [2.75, 3.05) is 33.4 Å². The lowest BCUT2D eigenvalue weighted by Gasteiger charge is -2.11. The first-order chi connectivity index (χ1) is 14.0. The molecule has 0 radical (unpaired) electrons. The van der Waals surface area contributed by atoms with Gasteiger partial charge in [-0.2, -0.15) is 0 Å². The van der Waals surface area contributed by atoms with Gasteiger partial charge in [-0.25, -0.2) is 4.39 Å². The Balaban J connectivity index is 1.60. The average molecular weight is 404 g/mol. The van der Waals surface area contributed by atoms with E-state index in [1.165, 1.54) is 19.2 Å². The van der Waals surface area contributed by atoms with Gasteiger partial charge in [-0.05, 0) is 36.4 Å². The molecule has 2 N–H and O–H groups in total. The molecule has 2 aromatic carbocycles. The normalized spacial score (nSPS) is 10.0. The molecular formula is C20H21FN2O6. The molecule has 0 aromatic heterocycles. The van der Waals surface area contributed by atoms with Crippen LogP contribution in [0.15, 0.2) is 48.5 Å². The van der Waals surface area contributed by atoms with Crippen LogP contribution in [-0.2, 0) is 14.3 Å². The van der Waals surface area contributed by atoms with Crippen LogP contribution in [0.4, 0.5) is 4.39 Å². The third-order valence-electron chi connectivity index (χ3n) is 3.61. The average Bonchev–Trinajstić information content (AvgIpc) is 2.74. The van der Waals surface area contributed by atoms with Gasteiger partial charge in [0.25, 0.3) is 11.8 Å². The number of esters is 1. The van der Waals surface area contributed by atoms with Crippen molar-refractivity contribution in [2.24, 2.45) is 0 Å². The zero-order valence-electron chi connectivity index (χ0n) is 15.8. The fourth-order valence-corrected chi connectivity index (χ4v) is 2.19. The van der Waals surface area contributed by atoms with E-state index in [2.05, 4.69) is 10.6 Å². The summed E-state index contributed by atoms with van der Waals surface area (Å²) in [5, 5.41) is 4.86. The zero-order chi connectivity index (χ0) is 21.1. The Morgan fingerprint density at radius 2 is 1.66 bits per heavy atom. The zero-order valence-corrected chi connectivity index (χ0v) is 15.8. The molecule has 0 aliphatic heterocycles. The molecule has 2 rings (SSSR count). The van der Waals surface area contributed by atoms with Crippen molar-refractivity contribution in [1.29, 1.82) is 0 Å². The third-order valence-corrected chi connectivity index (χ3v) is 3.61. The number of amides is 2. The van der Waals surface area contributed by atoms with Crippen LogP contribution in [0.2, 0.25) is 0 Å². The van der Waals surface area contributed by atoms with Gasteiger partial charge in [0.1, 0.15) is 19.0 Å². The van der Waals surface area contributed by atoms with Gasteiger partial charge >= 0.3 is 5.97 Å². The van der Waals surface area contributed by atoms with E-state index < -0.39 is 36.8 Å². The Morgan fingerprint density at radius 3 is 2.34 bits per heavy atom. The largest absolute Gasteiger partial charge is 0.493 e. The minimum Gasteiger partial charge on any atom is -0.493 e. The van der Waals surface area contributed by atoms with E-state index in [0.717, 1.165) is 12.1 Å². The number of ether oxygens (including phenoxy) is 3. The number of nitrogens with one attached hydrogen (secondary N) is 2. The number of carbonyl (C=O) groups excluding carboxylic acids is 3. The van der Waals surface area contributed by atoms with Crippen molar-refractivity contribution in [3.05, 3.63) is 59.9 Å². The smallest absolute Gasteiger partial charge is 0.325 e. The van der Waals surface area contributed by atoms with Crippen molar-refractivity contribution in [3.63, 3.8) is 0 Å². The van der Waals surface area contributed by atoms with Crippen LogP contribution in [0.5, 0.6) is 11.5 Å². The summed E-state index contributed by atoms with van der Waals surface area (Å²) >= 11 is 0. The molecule has 0 fully saturated rings. The first kappa shape index (κ1) is 21.7. The fraction of sp³-hybridized carbons (Fsp3) is 0.250. The highest BCUT2D eigenvalue weighted by atomic mass is 19.1. The third kappa shape index (κ3) is 7.49. The molecule has 0 aliphatic rings. The molecule has 0 heterocycles. The second-order valence-corrected chi connectivity index (χ2v) is 5.70. The molecule has 0 saturated carbocycles. The van der Waals surface area contributed by atoms with E-state index in [4.69, 9.17) is 14.2 Å². The van der Waals surface area contributed by atoms with Gasteiger partial charge in [-0.3, -0.25) is 14.4 Å². The number of methoxy groups -OCH3 is 1. The molecule has 0 aliphatic carbocycles. The topological polar surface area (TPSA) is 103 Å². The van der Waals surface area contributed by atoms with E-state index in [0.29, 0.717) is 11.5 Å². The molecule has 0 atom stereocenters. The van der Waals surface area contributed by atoms with Crippen molar-refractivity contribution in [3.8, 4) is 11.5 Å². The standard InChI is InChI=1S/C20H21FN2O6/c1-27-16-4-2-3-5-17(16)28-11-10-22-18(24)13-29-19(25)12-23-20(26)14-6-8-15(21)9-7-14/h2-9H,10-13H2,1H3,(H,22,24)(H,23,26). The molecule has 0 spiro atoms. The van der Waals surface area contributed by atoms with Crippen LogP contribution in [0.25, 0.3) is 0 Å². The number of hydrogen-bond acceptors (Lipinski definition) is 6. The van der Waals surface area contributed by atoms with E-state index in [1.54, 1.807) is 18.2 Å². The van der Waals surface area contributed by atoms with Gasteiger partial charge < -0.3 is 24.8 Å². The van der Waals surface area contributed by atoms with E-state index in [9.17, 15) is 18.8 Å². The highest BCUT2D eigenvalue weighted by molar-refractivity contribution is 5.96. The van der Waals surface area contributed by atoms with E-state index in [-0.39, 0.29) is 18.7 Å². The summed E-state index contributed by atoms with van der Waals surface area (Å²) in [5.41, 5.74) is 0.201. The highest BCUT2D eigenvalue weighted by Gasteiger charge is 2.11. The summed E-state index contributed by atoms with van der Waals surface area (Å²) in [6.07, 6.45) is 0. The van der Waals surface area contributed by atoms with Crippen LogP contribution >= 0.6 is 0 Å². The Labute approximate surface area is 166 Å². The van der Waals surface area contributed by atoms with E-state index >= 15 is 0 Å². The lowest BCUT2D eigenvalue weighted by molar-refractivity contribution is -0.147. The van der Waals surface area contributed by atoms with Gasteiger partial charge in [0.05, 0.1) is 13.7 Å². The van der Waals surface area contributed by atoms with Crippen LogP contribution in [0.1, 0.15) is 10.4 Å². The lowest BCUT2D eigenvalue weighted by Crippen LogP contribution is -2.35. The monoisotopic (exact) mass is 404 g/mol. The lowest BCUT2D eigenvalue weighted by atomic mass is 10.2. The predicted molar refractivity (Wildman–Crippen MR) is 101 cm³/mol. The summed E-state index contributed by atoms with van der Waals surface area (Å²) in [5.74, 6) is -1.18. The minimum atomic E-state index is -0.777. The number of halogens is 1. The molecular weight excluding hydrogens is 383 g/mol. The summed E-state index contributed by atoms with van der Waals surface area (Å²) in [6, 6.07) is 11.9.